The van der Waals surface area contributed by atoms with Crippen molar-refractivity contribution in [1.82, 2.24) is 4.90 Å². The fourth-order valence-corrected chi connectivity index (χ4v) is 6.51. The van der Waals surface area contributed by atoms with Crippen molar-refractivity contribution in [1.29, 1.82) is 0 Å². The highest BCUT2D eigenvalue weighted by Gasteiger charge is 2.64. The summed E-state index contributed by atoms with van der Waals surface area (Å²) in [5, 5.41) is 10.9. The molecule has 7 nitrogen and oxygen atoms in total. The number of nitrogens with zero attached hydrogens (tertiary/aromatic N) is 1. The number of piperidine rings is 1. The van der Waals surface area contributed by atoms with E-state index in [9.17, 15) is 9.90 Å². The van der Waals surface area contributed by atoms with Gasteiger partial charge >= 0.3 is 5.97 Å². The maximum Gasteiger partial charge on any atom is 0.351 e. The second kappa shape index (κ2) is 7.23. The van der Waals surface area contributed by atoms with E-state index < -0.39 is 18.2 Å². The highest BCUT2D eigenvalue weighted by molar-refractivity contribution is 5.97. The molecule has 2 heterocycles. The third-order valence-electron chi connectivity index (χ3n) is 7.97. The number of aliphatic hydroxyl groups is 1. The van der Waals surface area contributed by atoms with E-state index in [4.69, 9.17) is 18.9 Å². The minimum absolute atomic E-state index is 0.222. The fraction of sp³-hybridized carbons (Fsp3) is 0.423. The van der Waals surface area contributed by atoms with Crippen molar-refractivity contribution in [2.45, 2.75) is 36.5 Å². The van der Waals surface area contributed by atoms with Crippen LogP contribution in [-0.2, 0) is 11.8 Å². The van der Waals surface area contributed by atoms with Crippen molar-refractivity contribution in [3.8, 4) is 23.0 Å². The molecule has 1 N–H and O–H groups in total. The lowest BCUT2D eigenvalue weighted by Gasteiger charge is -2.56. The molecule has 2 aliphatic heterocycles. The van der Waals surface area contributed by atoms with Gasteiger partial charge in [0.1, 0.15) is 29.3 Å². The van der Waals surface area contributed by atoms with Gasteiger partial charge in [-0.3, -0.25) is 0 Å². The zero-order chi connectivity index (χ0) is 22.9. The first-order valence-corrected chi connectivity index (χ1v) is 11.3. The number of methoxy groups -OCH3 is 2. The molecule has 5 atom stereocenters. The lowest BCUT2D eigenvalue weighted by Crippen LogP contribution is -2.64. The van der Waals surface area contributed by atoms with Gasteiger partial charge in [0, 0.05) is 22.9 Å². The fourth-order valence-electron chi connectivity index (χ4n) is 6.51. The minimum Gasteiger partial charge on any atom is -0.496 e. The average molecular weight is 450 g/mol. The van der Waals surface area contributed by atoms with Gasteiger partial charge in [-0.05, 0) is 50.2 Å². The van der Waals surface area contributed by atoms with Crippen LogP contribution in [0.2, 0.25) is 0 Å². The third kappa shape index (κ3) is 2.66. The Bertz CT molecular complexity index is 1150. The number of benzene rings is 2. The summed E-state index contributed by atoms with van der Waals surface area (Å²) in [4.78, 5) is 15.7. The van der Waals surface area contributed by atoms with Crippen LogP contribution < -0.4 is 18.9 Å². The summed E-state index contributed by atoms with van der Waals surface area (Å²) >= 11 is 0. The normalized spacial score (nSPS) is 30.9. The van der Waals surface area contributed by atoms with Crippen LogP contribution in [0.25, 0.3) is 0 Å². The van der Waals surface area contributed by atoms with E-state index in [0.717, 1.165) is 24.9 Å². The van der Waals surface area contributed by atoms with Crippen molar-refractivity contribution < 1.29 is 28.8 Å². The molecule has 7 heteroatoms. The minimum atomic E-state index is -0.707. The second-order valence-corrected chi connectivity index (χ2v) is 9.34. The van der Waals surface area contributed by atoms with Gasteiger partial charge in [0.15, 0.2) is 11.5 Å². The van der Waals surface area contributed by atoms with Gasteiger partial charge in [0.05, 0.1) is 14.2 Å². The molecule has 2 aliphatic carbocycles. The Labute approximate surface area is 192 Å². The summed E-state index contributed by atoms with van der Waals surface area (Å²) in [7, 11) is 5.17. The van der Waals surface area contributed by atoms with Crippen molar-refractivity contribution >= 4 is 5.97 Å². The lowest BCUT2D eigenvalue weighted by atomic mass is 9.53. The summed E-state index contributed by atoms with van der Waals surface area (Å²) in [5.74, 6) is 1.36. The van der Waals surface area contributed by atoms with Gasteiger partial charge in [-0.25, -0.2) is 4.79 Å². The number of aliphatic hydroxyl groups excluding tert-OH is 1. The van der Waals surface area contributed by atoms with E-state index >= 15 is 0 Å². The topological polar surface area (TPSA) is 77.5 Å². The molecule has 4 aliphatic rings. The zero-order valence-electron chi connectivity index (χ0n) is 18.9. The van der Waals surface area contributed by atoms with Gasteiger partial charge in [-0.1, -0.05) is 24.3 Å². The molecule has 0 unspecified atom stereocenters. The smallest absolute Gasteiger partial charge is 0.351 e. The van der Waals surface area contributed by atoms with Crippen LogP contribution in [0.15, 0.2) is 42.5 Å². The predicted octanol–water partition coefficient (Wildman–Crippen LogP) is 2.73. The van der Waals surface area contributed by atoms with E-state index in [-0.39, 0.29) is 16.9 Å². The molecule has 1 saturated heterocycles. The van der Waals surface area contributed by atoms with Gasteiger partial charge < -0.3 is 29.0 Å². The molecule has 1 spiro atoms. The Morgan fingerprint density at radius 3 is 2.61 bits per heavy atom. The average Bonchev–Trinajstić information content (AvgIpc) is 3.19. The molecule has 1 fully saturated rings. The second-order valence-electron chi connectivity index (χ2n) is 9.34. The Morgan fingerprint density at radius 2 is 1.88 bits per heavy atom. The quantitative estimate of drug-likeness (QED) is 0.437. The van der Waals surface area contributed by atoms with E-state index in [2.05, 4.69) is 18.0 Å². The Kier molecular flexibility index (Phi) is 4.51. The molecule has 0 amide bonds. The van der Waals surface area contributed by atoms with Crippen LogP contribution in [-0.4, -0.2) is 62.0 Å². The Balaban J connectivity index is 1.45. The summed E-state index contributed by atoms with van der Waals surface area (Å²) in [6.45, 7) is 0.933. The maximum atomic E-state index is 13.3. The molecule has 0 radical (unpaired) electrons. The van der Waals surface area contributed by atoms with Gasteiger partial charge in [-0.15, -0.1) is 0 Å². The highest BCUT2D eigenvalue weighted by atomic mass is 16.6. The summed E-state index contributed by atoms with van der Waals surface area (Å²) in [6.07, 6.45) is 4.72. The summed E-state index contributed by atoms with van der Waals surface area (Å²) < 4.78 is 23.1. The van der Waals surface area contributed by atoms with E-state index in [1.807, 2.05) is 12.1 Å². The standard InChI is InChI=1S/C26H27NO6/c1-27-12-11-26-15-8-9-17(28)24(26)33-23-20(10-7-14(22(23)26)13-16(15)27)32-25(29)21-18(30-2)5-4-6-19(21)31-3/h4-10,15-17,24,28H,11-13H2,1-3H3/t15-,16+,17-,24-,26-/m0/s1. The molecule has 0 aromatic heterocycles. The van der Waals surface area contributed by atoms with Crippen LogP contribution in [0.3, 0.4) is 0 Å². The van der Waals surface area contributed by atoms with Crippen LogP contribution in [0.4, 0.5) is 0 Å². The van der Waals surface area contributed by atoms with Crippen molar-refractivity contribution in [3.63, 3.8) is 0 Å². The molecule has 172 valence electrons. The molecular weight excluding hydrogens is 422 g/mol. The molecule has 6 rings (SSSR count). The molecular formula is C26H27NO6. The van der Waals surface area contributed by atoms with Gasteiger partial charge in [0.2, 0.25) is 0 Å². The van der Waals surface area contributed by atoms with E-state index in [1.54, 1.807) is 24.3 Å². The number of carbonyl (C=O) groups is 1. The predicted molar refractivity (Wildman–Crippen MR) is 120 cm³/mol. The first-order chi connectivity index (χ1) is 16.0. The lowest BCUT2D eigenvalue weighted by molar-refractivity contribution is -0.0453. The maximum absolute atomic E-state index is 13.3. The monoisotopic (exact) mass is 449 g/mol. The first-order valence-electron chi connectivity index (χ1n) is 11.3. The number of likely N-dealkylation sites (N-methyl/N-ethyl adjacent to an activating group) is 1. The number of ether oxygens (including phenoxy) is 4. The molecule has 0 saturated carbocycles. The third-order valence-corrected chi connectivity index (χ3v) is 7.97. The van der Waals surface area contributed by atoms with Crippen molar-refractivity contribution in [2.24, 2.45) is 5.92 Å². The van der Waals surface area contributed by atoms with Crippen LogP contribution >= 0.6 is 0 Å². The van der Waals surface area contributed by atoms with E-state index in [0.29, 0.717) is 29.0 Å². The Hall–Kier alpha value is -3.03. The molecule has 2 aromatic rings. The summed E-state index contributed by atoms with van der Waals surface area (Å²) in [6, 6.07) is 9.35. The summed E-state index contributed by atoms with van der Waals surface area (Å²) in [5.41, 5.74) is 2.22. The number of esters is 1. The number of likely N-dealkylation sites (tertiary alicyclic amines) is 1. The van der Waals surface area contributed by atoms with Crippen molar-refractivity contribution in [3.05, 3.63) is 59.2 Å². The highest BCUT2D eigenvalue weighted by Crippen LogP contribution is 2.62. The number of hydrogen-bond acceptors (Lipinski definition) is 7. The van der Waals surface area contributed by atoms with E-state index in [1.165, 1.54) is 19.8 Å². The number of carbonyl (C=O) groups excluding carboxylic acids is 1. The van der Waals surface area contributed by atoms with Crippen molar-refractivity contribution in [2.75, 3.05) is 27.8 Å². The van der Waals surface area contributed by atoms with Gasteiger partial charge in [0.25, 0.3) is 0 Å². The molecule has 2 aromatic carbocycles. The first kappa shape index (κ1) is 20.6. The number of rotatable bonds is 4. The van der Waals surface area contributed by atoms with Gasteiger partial charge in [-0.2, -0.15) is 0 Å². The molecule has 2 bridgehead atoms. The SMILES string of the molecule is COc1cccc(OC)c1C(=O)Oc1ccc2c3c1O[C@H]1[C@@H](O)C=C[C@H]4[C@@H](C2)N(C)CC[C@@]341. The largest absolute Gasteiger partial charge is 0.496 e. The number of hydrogen-bond donors (Lipinski definition) is 1. The van der Waals surface area contributed by atoms with Crippen LogP contribution in [0, 0.1) is 5.92 Å². The Morgan fingerprint density at radius 1 is 1.12 bits per heavy atom. The van der Waals surface area contributed by atoms with Crippen LogP contribution in [0.5, 0.6) is 23.0 Å². The zero-order valence-corrected chi connectivity index (χ0v) is 18.9. The van der Waals surface area contributed by atoms with Crippen LogP contribution in [0.1, 0.15) is 27.9 Å². The molecule has 33 heavy (non-hydrogen) atoms.